The molecule has 1 atom stereocenters. The molecule has 0 radical (unpaired) electrons. The topological polar surface area (TPSA) is 110 Å². The molecular weight excluding hydrogens is 410 g/mol. The van der Waals surface area contributed by atoms with Gasteiger partial charge in [0, 0.05) is 24.7 Å². The van der Waals surface area contributed by atoms with E-state index in [-0.39, 0.29) is 23.3 Å². The maximum Gasteiger partial charge on any atom is 0.335 e. The molecule has 0 saturated carbocycles. The number of nitrogens with zero attached hydrogens (tertiary/aromatic N) is 2. The number of rotatable bonds is 7. The third-order valence-electron chi connectivity index (χ3n) is 5.11. The second-order valence-corrected chi connectivity index (χ2v) is 7.23. The standard InChI is InChI=1S/C24H21N3O5/c1-31-19-4-2-3-15(11-19)14-26-23(28)21-12-18(9-10-25-21)20-13-22(32-27-20)16-5-7-17(8-6-16)24(29)30/h2-12,22H,13-14H2,1H3,(H,26,28)(H,29,30). The average molecular weight is 431 g/mol. The first-order valence-corrected chi connectivity index (χ1v) is 9.97. The minimum atomic E-state index is -0.977. The number of oxime groups is 1. The molecular formula is C24H21N3O5. The summed E-state index contributed by atoms with van der Waals surface area (Å²) >= 11 is 0. The molecule has 1 unspecified atom stereocenters. The smallest absolute Gasteiger partial charge is 0.335 e. The molecule has 2 aromatic carbocycles. The highest BCUT2D eigenvalue weighted by molar-refractivity contribution is 6.03. The Morgan fingerprint density at radius 3 is 2.72 bits per heavy atom. The molecule has 162 valence electrons. The number of hydrogen-bond acceptors (Lipinski definition) is 6. The van der Waals surface area contributed by atoms with Gasteiger partial charge in [-0.15, -0.1) is 0 Å². The van der Waals surface area contributed by atoms with Gasteiger partial charge in [0.25, 0.3) is 5.91 Å². The fourth-order valence-corrected chi connectivity index (χ4v) is 3.36. The van der Waals surface area contributed by atoms with E-state index in [1.165, 1.54) is 12.1 Å². The van der Waals surface area contributed by atoms with Gasteiger partial charge in [-0.3, -0.25) is 9.78 Å². The van der Waals surface area contributed by atoms with Crippen LogP contribution in [0.1, 0.15) is 50.1 Å². The molecule has 0 bridgehead atoms. The Labute approximate surface area is 184 Å². The number of ether oxygens (including phenoxy) is 1. The summed E-state index contributed by atoms with van der Waals surface area (Å²) < 4.78 is 5.20. The van der Waals surface area contributed by atoms with E-state index in [9.17, 15) is 9.59 Å². The zero-order valence-electron chi connectivity index (χ0n) is 17.3. The van der Waals surface area contributed by atoms with Crippen LogP contribution in [0.4, 0.5) is 0 Å². The second kappa shape index (κ2) is 9.30. The Morgan fingerprint density at radius 1 is 1.16 bits per heavy atom. The second-order valence-electron chi connectivity index (χ2n) is 7.23. The number of aromatic nitrogens is 1. The molecule has 4 rings (SSSR count). The van der Waals surface area contributed by atoms with Crippen LogP contribution in [0.2, 0.25) is 0 Å². The molecule has 2 heterocycles. The molecule has 8 nitrogen and oxygen atoms in total. The lowest BCUT2D eigenvalue weighted by Crippen LogP contribution is -2.24. The zero-order valence-corrected chi connectivity index (χ0v) is 17.3. The largest absolute Gasteiger partial charge is 0.497 e. The minimum Gasteiger partial charge on any atom is -0.497 e. The number of hydrogen-bond donors (Lipinski definition) is 2. The first kappa shape index (κ1) is 21.0. The van der Waals surface area contributed by atoms with Crippen LogP contribution >= 0.6 is 0 Å². The fourth-order valence-electron chi connectivity index (χ4n) is 3.36. The van der Waals surface area contributed by atoms with Gasteiger partial charge in [0.1, 0.15) is 11.4 Å². The summed E-state index contributed by atoms with van der Waals surface area (Å²) in [6.45, 7) is 0.348. The SMILES string of the molecule is COc1cccc(CNC(=O)c2cc(C3=NOC(c4ccc(C(=O)O)cc4)C3)ccn2)c1. The van der Waals surface area contributed by atoms with Crippen molar-refractivity contribution in [3.8, 4) is 5.75 Å². The number of methoxy groups -OCH3 is 1. The van der Waals surface area contributed by atoms with Gasteiger partial charge in [-0.05, 0) is 47.5 Å². The maximum atomic E-state index is 12.6. The summed E-state index contributed by atoms with van der Waals surface area (Å²) in [5.74, 6) is -0.548. The van der Waals surface area contributed by atoms with Crippen molar-refractivity contribution in [2.75, 3.05) is 7.11 Å². The summed E-state index contributed by atoms with van der Waals surface area (Å²) in [5, 5.41) is 16.0. The Balaban J connectivity index is 1.40. The van der Waals surface area contributed by atoms with E-state index in [1.54, 1.807) is 37.6 Å². The van der Waals surface area contributed by atoms with Gasteiger partial charge in [0.15, 0.2) is 6.10 Å². The Hall–Kier alpha value is -4.20. The summed E-state index contributed by atoms with van der Waals surface area (Å²) in [7, 11) is 1.60. The first-order chi connectivity index (χ1) is 15.5. The van der Waals surface area contributed by atoms with Gasteiger partial charge in [-0.1, -0.05) is 29.4 Å². The molecule has 1 aliphatic rings. The van der Waals surface area contributed by atoms with Crippen LogP contribution in [0.3, 0.4) is 0 Å². The lowest BCUT2D eigenvalue weighted by Gasteiger charge is -2.09. The summed E-state index contributed by atoms with van der Waals surface area (Å²) in [6, 6.07) is 17.4. The van der Waals surface area contributed by atoms with Crippen molar-refractivity contribution in [2.24, 2.45) is 5.16 Å². The Bertz CT molecular complexity index is 1170. The van der Waals surface area contributed by atoms with Gasteiger partial charge in [-0.2, -0.15) is 0 Å². The van der Waals surface area contributed by atoms with Gasteiger partial charge >= 0.3 is 5.97 Å². The number of amides is 1. The average Bonchev–Trinajstić information content (AvgIpc) is 3.33. The Morgan fingerprint density at radius 2 is 1.97 bits per heavy atom. The molecule has 2 N–H and O–H groups in total. The van der Waals surface area contributed by atoms with Crippen molar-refractivity contribution >= 4 is 17.6 Å². The number of pyridine rings is 1. The van der Waals surface area contributed by atoms with E-state index in [0.717, 1.165) is 22.4 Å². The van der Waals surface area contributed by atoms with E-state index >= 15 is 0 Å². The summed E-state index contributed by atoms with van der Waals surface area (Å²) in [5.41, 5.74) is 3.69. The predicted molar refractivity (Wildman–Crippen MR) is 117 cm³/mol. The lowest BCUT2D eigenvalue weighted by molar-refractivity contribution is 0.0695. The molecule has 0 aliphatic carbocycles. The number of carboxylic acid groups (broad SMARTS) is 1. The van der Waals surface area contributed by atoms with Crippen molar-refractivity contribution in [1.82, 2.24) is 10.3 Å². The van der Waals surface area contributed by atoms with Crippen LogP contribution in [-0.4, -0.2) is 34.8 Å². The van der Waals surface area contributed by atoms with Gasteiger partial charge < -0.3 is 20.0 Å². The molecule has 32 heavy (non-hydrogen) atoms. The number of benzene rings is 2. The molecule has 8 heteroatoms. The zero-order chi connectivity index (χ0) is 22.5. The van der Waals surface area contributed by atoms with Crippen molar-refractivity contribution in [2.45, 2.75) is 19.1 Å². The number of carbonyl (C=O) groups is 2. The highest BCUT2D eigenvalue weighted by Crippen LogP contribution is 2.29. The summed E-state index contributed by atoms with van der Waals surface area (Å²) in [6.07, 6.45) is 1.75. The fraction of sp³-hybridized carbons (Fsp3) is 0.167. The van der Waals surface area contributed by atoms with Crippen molar-refractivity contribution in [3.05, 3.63) is 94.8 Å². The normalized spacial score (nSPS) is 14.9. The predicted octanol–water partition coefficient (Wildman–Crippen LogP) is 3.58. The van der Waals surface area contributed by atoms with Crippen LogP contribution < -0.4 is 10.1 Å². The molecule has 0 saturated heterocycles. The van der Waals surface area contributed by atoms with E-state index in [4.69, 9.17) is 14.7 Å². The molecule has 1 amide bonds. The number of aromatic carboxylic acids is 1. The van der Waals surface area contributed by atoms with Crippen LogP contribution in [-0.2, 0) is 11.4 Å². The van der Waals surface area contributed by atoms with Gasteiger partial charge in [-0.25, -0.2) is 4.79 Å². The summed E-state index contributed by atoms with van der Waals surface area (Å²) in [4.78, 5) is 33.3. The number of nitrogens with one attached hydrogen (secondary N) is 1. The van der Waals surface area contributed by atoms with Crippen molar-refractivity contribution < 1.29 is 24.3 Å². The number of carbonyl (C=O) groups excluding carboxylic acids is 1. The number of carboxylic acids is 1. The molecule has 1 aromatic heterocycles. The molecule has 1 aliphatic heterocycles. The van der Waals surface area contributed by atoms with E-state index < -0.39 is 5.97 Å². The van der Waals surface area contributed by atoms with E-state index in [2.05, 4.69) is 15.5 Å². The van der Waals surface area contributed by atoms with Gasteiger partial charge in [0.05, 0.1) is 18.4 Å². The molecule has 0 spiro atoms. The van der Waals surface area contributed by atoms with Crippen molar-refractivity contribution in [1.29, 1.82) is 0 Å². The lowest BCUT2D eigenvalue weighted by atomic mass is 9.99. The third kappa shape index (κ3) is 4.75. The highest BCUT2D eigenvalue weighted by atomic mass is 16.6. The molecule has 0 fully saturated rings. The van der Waals surface area contributed by atoms with E-state index in [0.29, 0.717) is 18.7 Å². The maximum absolute atomic E-state index is 12.6. The van der Waals surface area contributed by atoms with Crippen LogP contribution in [0.25, 0.3) is 0 Å². The quantitative estimate of drug-likeness (QED) is 0.592. The van der Waals surface area contributed by atoms with Crippen LogP contribution in [0.5, 0.6) is 5.75 Å². The first-order valence-electron chi connectivity index (χ1n) is 9.97. The van der Waals surface area contributed by atoms with Crippen molar-refractivity contribution in [3.63, 3.8) is 0 Å². The monoisotopic (exact) mass is 431 g/mol. The third-order valence-corrected chi connectivity index (χ3v) is 5.11. The van der Waals surface area contributed by atoms with Crippen LogP contribution in [0.15, 0.2) is 72.0 Å². The van der Waals surface area contributed by atoms with Crippen LogP contribution in [0, 0.1) is 0 Å². The van der Waals surface area contributed by atoms with Gasteiger partial charge in [0.2, 0.25) is 0 Å². The minimum absolute atomic E-state index is 0.214. The molecule has 3 aromatic rings. The Kier molecular flexibility index (Phi) is 6.12. The highest BCUT2D eigenvalue weighted by Gasteiger charge is 2.24. The van der Waals surface area contributed by atoms with E-state index in [1.807, 2.05) is 24.3 Å².